The third-order valence-corrected chi connectivity index (χ3v) is 5.33. The number of imidazole rings is 1. The van der Waals surface area contributed by atoms with Crippen molar-refractivity contribution in [2.24, 2.45) is 0 Å². The second-order valence-electron chi connectivity index (χ2n) is 6.99. The standard InChI is InChI=1S/C21H17FN4O2/c22-14-6-3-5-12-18(14)23-11-13(19(12)27)21(28)26-10-4-9-17(26)20-24-15-7-1-2-8-16(15)25-20/h1-3,5-8,11,17H,4,9-10H2,(H,23,27)(H,24,25). The molecule has 1 aliphatic rings. The van der Waals surface area contributed by atoms with Gasteiger partial charge in [0.05, 0.1) is 22.6 Å². The molecule has 28 heavy (non-hydrogen) atoms. The minimum atomic E-state index is -0.519. The first-order valence-corrected chi connectivity index (χ1v) is 9.19. The summed E-state index contributed by atoms with van der Waals surface area (Å²) < 4.78 is 13.9. The van der Waals surface area contributed by atoms with Crippen molar-refractivity contribution in [3.05, 3.63) is 76.1 Å². The molecule has 6 nitrogen and oxygen atoms in total. The molecule has 5 rings (SSSR count). The van der Waals surface area contributed by atoms with Crippen LogP contribution in [0.25, 0.3) is 21.9 Å². The van der Waals surface area contributed by atoms with E-state index in [4.69, 9.17) is 0 Å². The molecule has 1 atom stereocenters. The van der Waals surface area contributed by atoms with Gasteiger partial charge < -0.3 is 14.9 Å². The molecule has 0 aliphatic carbocycles. The summed E-state index contributed by atoms with van der Waals surface area (Å²) in [6.45, 7) is 0.543. The third-order valence-electron chi connectivity index (χ3n) is 5.33. The van der Waals surface area contributed by atoms with Crippen LogP contribution < -0.4 is 5.43 Å². The van der Waals surface area contributed by atoms with Gasteiger partial charge >= 0.3 is 0 Å². The Morgan fingerprint density at radius 2 is 2.04 bits per heavy atom. The van der Waals surface area contributed by atoms with Crippen molar-refractivity contribution in [1.29, 1.82) is 0 Å². The van der Waals surface area contributed by atoms with Gasteiger partial charge in [-0.05, 0) is 37.1 Å². The van der Waals surface area contributed by atoms with E-state index in [-0.39, 0.29) is 28.4 Å². The minimum Gasteiger partial charge on any atom is -0.358 e. The summed E-state index contributed by atoms with van der Waals surface area (Å²) in [5.74, 6) is -0.166. The van der Waals surface area contributed by atoms with Crippen molar-refractivity contribution < 1.29 is 9.18 Å². The molecule has 3 heterocycles. The normalized spacial score (nSPS) is 16.9. The number of hydrogen-bond acceptors (Lipinski definition) is 3. The van der Waals surface area contributed by atoms with E-state index in [0.29, 0.717) is 6.54 Å². The van der Waals surface area contributed by atoms with Gasteiger partial charge in [-0.3, -0.25) is 9.59 Å². The van der Waals surface area contributed by atoms with E-state index in [9.17, 15) is 14.0 Å². The molecule has 4 aromatic rings. The van der Waals surface area contributed by atoms with Crippen LogP contribution in [0, 0.1) is 5.82 Å². The number of aromatic nitrogens is 3. The van der Waals surface area contributed by atoms with E-state index in [0.717, 1.165) is 29.7 Å². The van der Waals surface area contributed by atoms with Gasteiger partial charge in [-0.2, -0.15) is 0 Å². The fourth-order valence-corrected chi connectivity index (χ4v) is 3.95. The van der Waals surface area contributed by atoms with Crippen LogP contribution in [-0.2, 0) is 0 Å². The Hall–Kier alpha value is -3.48. The first-order valence-electron chi connectivity index (χ1n) is 9.19. The van der Waals surface area contributed by atoms with Gasteiger partial charge in [0, 0.05) is 18.1 Å². The molecule has 1 aliphatic heterocycles. The molecule has 0 radical (unpaired) electrons. The van der Waals surface area contributed by atoms with Crippen LogP contribution in [0.15, 0.2) is 53.5 Å². The lowest BCUT2D eigenvalue weighted by Gasteiger charge is -2.23. The fourth-order valence-electron chi connectivity index (χ4n) is 3.95. The van der Waals surface area contributed by atoms with Crippen molar-refractivity contribution in [3.63, 3.8) is 0 Å². The number of benzene rings is 2. The SMILES string of the molecule is O=C(c1c[nH]c2c(F)cccc2c1=O)N1CCCC1c1nc2ccccc2[nH]1. The Bertz CT molecular complexity index is 1240. The molecule has 2 N–H and O–H groups in total. The Kier molecular flexibility index (Phi) is 3.75. The first kappa shape index (κ1) is 16.7. The predicted molar refractivity (Wildman–Crippen MR) is 104 cm³/mol. The lowest BCUT2D eigenvalue weighted by molar-refractivity contribution is 0.0729. The third kappa shape index (κ3) is 2.51. The number of amides is 1. The number of hydrogen-bond donors (Lipinski definition) is 2. The molecule has 140 valence electrons. The Labute approximate surface area is 159 Å². The summed E-state index contributed by atoms with van der Waals surface area (Å²) in [5.41, 5.74) is 1.42. The highest BCUT2D eigenvalue weighted by Gasteiger charge is 2.34. The van der Waals surface area contributed by atoms with Crippen LogP contribution in [0.2, 0.25) is 0 Å². The second-order valence-corrected chi connectivity index (χ2v) is 6.99. The Morgan fingerprint density at radius 3 is 2.89 bits per heavy atom. The number of nitrogens with one attached hydrogen (secondary N) is 2. The van der Waals surface area contributed by atoms with E-state index in [1.807, 2.05) is 24.3 Å². The lowest BCUT2D eigenvalue weighted by Crippen LogP contribution is -2.34. The number of carbonyl (C=O) groups is 1. The number of nitrogens with zero attached hydrogens (tertiary/aromatic N) is 2. The van der Waals surface area contributed by atoms with Crippen molar-refractivity contribution in [2.75, 3.05) is 6.54 Å². The summed E-state index contributed by atoms with van der Waals surface area (Å²) >= 11 is 0. The van der Waals surface area contributed by atoms with Crippen molar-refractivity contribution in [3.8, 4) is 0 Å². The number of para-hydroxylation sites is 3. The molecule has 1 unspecified atom stereocenters. The molecule has 0 bridgehead atoms. The lowest BCUT2D eigenvalue weighted by atomic mass is 10.1. The summed E-state index contributed by atoms with van der Waals surface area (Å²) in [6.07, 6.45) is 2.91. The van der Waals surface area contributed by atoms with Crippen LogP contribution >= 0.6 is 0 Å². The topological polar surface area (TPSA) is 81.8 Å². The number of likely N-dealkylation sites (tertiary alicyclic amines) is 1. The fraction of sp³-hybridized carbons (Fsp3) is 0.190. The van der Waals surface area contributed by atoms with E-state index in [2.05, 4.69) is 15.0 Å². The number of halogens is 1. The quantitative estimate of drug-likeness (QED) is 0.562. The van der Waals surface area contributed by atoms with Gasteiger partial charge in [0.15, 0.2) is 0 Å². The maximum atomic E-state index is 13.9. The molecule has 1 amide bonds. The highest BCUT2D eigenvalue weighted by Crippen LogP contribution is 2.32. The molecule has 7 heteroatoms. The molecule has 1 fully saturated rings. The van der Waals surface area contributed by atoms with Gasteiger partial charge in [-0.25, -0.2) is 9.37 Å². The van der Waals surface area contributed by atoms with E-state index >= 15 is 0 Å². The van der Waals surface area contributed by atoms with Gasteiger partial charge in [0.1, 0.15) is 17.2 Å². The molecule has 2 aromatic heterocycles. The predicted octanol–water partition coefficient (Wildman–Crippen LogP) is 3.52. The zero-order valence-electron chi connectivity index (χ0n) is 14.9. The van der Waals surface area contributed by atoms with Crippen LogP contribution in [-0.4, -0.2) is 32.3 Å². The second kappa shape index (κ2) is 6.30. The Morgan fingerprint density at radius 1 is 1.18 bits per heavy atom. The number of H-pyrrole nitrogens is 2. The summed E-state index contributed by atoms with van der Waals surface area (Å²) in [5, 5.41) is 0.172. The molecule has 2 aromatic carbocycles. The van der Waals surface area contributed by atoms with Crippen molar-refractivity contribution in [2.45, 2.75) is 18.9 Å². The van der Waals surface area contributed by atoms with Crippen LogP contribution in [0.5, 0.6) is 0 Å². The average molecular weight is 376 g/mol. The maximum absolute atomic E-state index is 13.9. The number of carbonyl (C=O) groups excluding carboxylic acids is 1. The maximum Gasteiger partial charge on any atom is 0.259 e. The zero-order chi connectivity index (χ0) is 19.3. The number of rotatable bonds is 2. The number of pyridine rings is 1. The van der Waals surface area contributed by atoms with Crippen LogP contribution in [0.3, 0.4) is 0 Å². The molecular formula is C21H17FN4O2. The van der Waals surface area contributed by atoms with E-state index in [1.165, 1.54) is 24.4 Å². The largest absolute Gasteiger partial charge is 0.358 e. The van der Waals surface area contributed by atoms with Gasteiger partial charge in [0.25, 0.3) is 5.91 Å². The highest BCUT2D eigenvalue weighted by atomic mass is 19.1. The zero-order valence-corrected chi connectivity index (χ0v) is 14.9. The first-order chi connectivity index (χ1) is 13.6. The van der Waals surface area contributed by atoms with Gasteiger partial charge in [-0.1, -0.05) is 18.2 Å². The minimum absolute atomic E-state index is 0.0149. The van der Waals surface area contributed by atoms with Crippen LogP contribution in [0.4, 0.5) is 4.39 Å². The van der Waals surface area contributed by atoms with Gasteiger partial charge in [0.2, 0.25) is 5.43 Å². The summed E-state index contributed by atoms with van der Waals surface area (Å²) in [6, 6.07) is 11.7. The molecular weight excluding hydrogens is 359 g/mol. The smallest absolute Gasteiger partial charge is 0.259 e. The highest BCUT2D eigenvalue weighted by molar-refractivity contribution is 5.97. The summed E-state index contributed by atoms with van der Waals surface area (Å²) in [7, 11) is 0. The summed E-state index contributed by atoms with van der Waals surface area (Å²) in [4.78, 5) is 38.3. The monoisotopic (exact) mass is 376 g/mol. The van der Waals surface area contributed by atoms with E-state index < -0.39 is 11.2 Å². The van der Waals surface area contributed by atoms with Crippen molar-refractivity contribution >= 4 is 27.8 Å². The number of aromatic amines is 2. The van der Waals surface area contributed by atoms with Gasteiger partial charge in [-0.15, -0.1) is 0 Å². The average Bonchev–Trinajstić information content (AvgIpc) is 3.35. The molecule has 0 saturated carbocycles. The van der Waals surface area contributed by atoms with E-state index in [1.54, 1.807) is 4.90 Å². The molecule has 1 saturated heterocycles. The van der Waals surface area contributed by atoms with Crippen molar-refractivity contribution in [1.82, 2.24) is 19.9 Å². The van der Waals surface area contributed by atoms with Crippen LogP contribution in [0.1, 0.15) is 35.1 Å². The molecule has 0 spiro atoms. The number of fused-ring (bicyclic) bond motifs is 2. The Balaban J connectivity index is 1.55.